The second-order valence-corrected chi connectivity index (χ2v) is 7.02. The fourth-order valence-electron chi connectivity index (χ4n) is 2.90. The molecule has 2 unspecified atom stereocenters. The van der Waals surface area contributed by atoms with Gasteiger partial charge in [-0.15, -0.1) is 0 Å². The average Bonchev–Trinajstić information content (AvgIpc) is 2.42. The molecular formula is C16H25BrN2O. The van der Waals surface area contributed by atoms with Crippen LogP contribution in [0.15, 0.2) is 28.7 Å². The van der Waals surface area contributed by atoms with Gasteiger partial charge in [-0.25, -0.2) is 0 Å². The van der Waals surface area contributed by atoms with Crippen molar-refractivity contribution in [2.75, 3.05) is 13.1 Å². The van der Waals surface area contributed by atoms with Crippen molar-refractivity contribution in [2.45, 2.75) is 50.8 Å². The molecule has 3 nitrogen and oxygen atoms in total. The van der Waals surface area contributed by atoms with Crippen LogP contribution in [0.1, 0.15) is 44.7 Å². The first-order valence-electron chi connectivity index (χ1n) is 7.40. The van der Waals surface area contributed by atoms with Gasteiger partial charge < -0.3 is 10.8 Å². The van der Waals surface area contributed by atoms with E-state index in [1.165, 1.54) is 5.56 Å². The van der Waals surface area contributed by atoms with E-state index in [1.807, 2.05) is 6.92 Å². The number of rotatable bonds is 4. The van der Waals surface area contributed by atoms with Crippen molar-refractivity contribution in [2.24, 2.45) is 5.73 Å². The van der Waals surface area contributed by atoms with Crippen LogP contribution in [0.2, 0.25) is 0 Å². The third-order valence-electron chi connectivity index (χ3n) is 4.36. The highest BCUT2D eigenvalue weighted by Gasteiger charge is 2.33. The summed E-state index contributed by atoms with van der Waals surface area (Å²) < 4.78 is 1.09. The highest BCUT2D eigenvalue weighted by atomic mass is 79.9. The number of piperidine rings is 1. The Morgan fingerprint density at radius 3 is 2.35 bits per heavy atom. The van der Waals surface area contributed by atoms with Crippen molar-refractivity contribution in [3.8, 4) is 0 Å². The van der Waals surface area contributed by atoms with Gasteiger partial charge in [-0.05, 0) is 43.9 Å². The second kappa shape index (κ2) is 6.56. The van der Waals surface area contributed by atoms with Crippen LogP contribution in [-0.2, 0) is 0 Å². The number of aliphatic hydroxyl groups is 1. The van der Waals surface area contributed by atoms with Crippen LogP contribution in [0.5, 0.6) is 0 Å². The number of benzene rings is 1. The first kappa shape index (κ1) is 16.0. The lowest BCUT2D eigenvalue weighted by Crippen LogP contribution is -2.48. The van der Waals surface area contributed by atoms with Gasteiger partial charge >= 0.3 is 0 Å². The number of likely N-dealkylation sites (tertiary alicyclic amines) is 1. The zero-order valence-electron chi connectivity index (χ0n) is 12.3. The monoisotopic (exact) mass is 340 g/mol. The third kappa shape index (κ3) is 3.82. The molecule has 2 rings (SSSR count). The van der Waals surface area contributed by atoms with Gasteiger partial charge in [-0.3, -0.25) is 4.90 Å². The van der Waals surface area contributed by atoms with E-state index in [9.17, 15) is 5.11 Å². The highest BCUT2D eigenvalue weighted by molar-refractivity contribution is 9.10. The Hall–Kier alpha value is -0.420. The van der Waals surface area contributed by atoms with E-state index in [0.29, 0.717) is 0 Å². The maximum Gasteiger partial charge on any atom is 0.0644 e. The number of nitrogens with two attached hydrogens (primary N) is 1. The van der Waals surface area contributed by atoms with E-state index >= 15 is 0 Å². The van der Waals surface area contributed by atoms with Crippen molar-refractivity contribution in [1.29, 1.82) is 0 Å². The minimum Gasteiger partial charge on any atom is -0.390 e. The van der Waals surface area contributed by atoms with Gasteiger partial charge in [-0.2, -0.15) is 0 Å². The number of hydrogen-bond donors (Lipinski definition) is 2. The number of nitrogens with zero attached hydrogens (tertiary/aromatic N) is 1. The van der Waals surface area contributed by atoms with Crippen LogP contribution in [-0.4, -0.2) is 34.7 Å². The van der Waals surface area contributed by atoms with Crippen molar-refractivity contribution in [3.05, 3.63) is 34.3 Å². The van der Waals surface area contributed by atoms with Gasteiger partial charge in [0.25, 0.3) is 0 Å². The SMILES string of the molecule is CCC(N)C(c1ccc(Br)cc1)N1CCC(C)(O)CC1. The molecule has 1 aromatic carbocycles. The van der Waals surface area contributed by atoms with Gasteiger partial charge in [0.1, 0.15) is 0 Å². The fourth-order valence-corrected chi connectivity index (χ4v) is 3.16. The molecule has 0 aromatic heterocycles. The normalized spacial score (nSPS) is 22.4. The van der Waals surface area contributed by atoms with Crippen LogP contribution in [0.25, 0.3) is 0 Å². The molecule has 0 amide bonds. The zero-order chi connectivity index (χ0) is 14.8. The largest absolute Gasteiger partial charge is 0.390 e. The molecule has 2 atom stereocenters. The Bertz CT molecular complexity index is 423. The molecule has 1 aliphatic heterocycles. The Labute approximate surface area is 130 Å². The maximum atomic E-state index is 10.1. The minimum atomic E-state index is -0.517. The topological polar surface area (TPSA) is 49.5 Å². The summed E-state index contributed by atoms with van der Waals surface area (Å²) >= 11 is 3.48. The molecule has 1 aliphatic rings. The van der Waals surface area contributed by atoms with Crippen molar-refractivity contribution >= 4 is 15.9 Å². The van der Waals surface area contributed by atoms with Gasteiger partial charge in [0.15, 0.2) is 0 Å². The Morgan fingerprint density at radius 1 is 1.30 bits per heavy atom. The quantitative estimate of drug-likeness (QED) is 0.885. The van der Waals surface area contributed by atoms with Crippen LogP contribution in [0.4, 0.5) is 0 Å². The first-order chi connectivity index (χ1) is 9.43. The lowest BCUT2D eigenvalue weighted by Gasteiger charge is -2.42. The summed E-state index contributed by atoms with van der Waals surface area (Å²) in [5.41, 5.74) is 7.12. The molecule has 1 heterocycles. The predicted molar refractivity (Wildman–Crippen MR) is 86.6 cm³/mol. The molecular weight excluding hydrogens is 316 g/mol. The van der Waals surface area contributed by atoms with Crippen molar-refractivity contribution in [1.82, 2.24) is 4.90 Å². The van der Waals surface area contributed by atoms with E-state index in [1.54, 1.807) is 0 Å². The third-order valence-corrected chi connectivity index (χ3v) is 4.89. The zero-order valence-corrected chi connectivity index (χ0v) is 13.9. The summed E-state index contributed by atoms with van der Waals surface area (Å²) in [4.78, 5) is 2.43. The molecule has 3 N–H and O–H groups in total. The van der Waals surface area contributed by atoms with E-state index < -0.39 is 5.60 Å². The summed E-state index contributed by atoms with van der Waals surface area (Å²) in [7, 11) is 0. The highest BCUT2D eigenvalue weighted by Crippen LogP contribution is 2.31. The molecule has 0 radical (unpaired) electrons. The van der Waals surface area contributed by atoms with Crippen molar-refractivity contribution in [3.63, 3.8) is 0 Å². The molecule has 20 heavy (non-hydrogen) atoms. The van der Waals surface area contributed by atoms with Gasteiger partial charge in [0.2, 0.25) is 0 Å². The van der Waals surface area contributed by atoms with E-state index in [-0.39, 0.29) is 12.1 Å². The Kier molecular flexibility index (Phi) is 5.24. The first-order valence-corrected chi connectivity index (χ1v) is 8.20. The predicted octanol–water partition coefficient (Wildman–Crippen LogP) is 3.07. The summed E-state index contributed by atoms with van der Waals surface area (Å²) in [6.07, 6.45) is 2.58. The average molecular weight is 341 g/mol. The lowest BCUT2D eigenvalue weighted by atomic mass is 9.89. The lowest BCUT2D eigenvalue weighted by molar-refractivity contribution is -0.0202. The Morgan fingerprint density at radius 2 is 1.85 bits per heavy atom. The molecule has 0 spiro atoms. The van der Waals surface area contributed by atoms with Crippen LogP contribution < -0.4 is 5.73 Å². The second-order valence-electron chi connectivity index (χ2n) is 6.10. The molecule has 0 aliphatic carbocycles. The van der Waals surface area contributed by atoms with Gasteiger partial charge in [0.05, 0.1) is 5.60 Å². The van der Waals surface area contributed by atoms with Crippen LogP contribution in [0.3, 0.4) is 0 Å². The van der Waals surface area contributed by atoms with E-state index in [2.05, 4.69) is 52.0 Å². The molecule has 1 saturated heterocycles. The van der Waals surface area contributed by atoms with Gasteiger partial charge in [-0.1, -0.05) is 35.0 Å². The maximum absolute atomic E-state index is 10.1. The summed E-state index contributed by atoms with van der Waals surface area (Å²) in [5.74, 6) is 0. The molecule has 4 heteroatoms. The van der Waals surface area contributed by atoms with Crippen molar-refractivity contribution < 1.29 is 5.11 Å². The fraction of sp³-hybridized carbons (Fsp3) is 0.625. The van der Waals surface area contributed by atoms with Gasteiger partial charge in [0, 0.05) is 29.6 Å². The van der Waals surface area contributed by atoms with E-state index in [0.717, 1.165) is 36.8 Å². The number of hydrogen-bond acceptors (Lipinski definition) is 3. The number of halogens is 1. The summed E-state index contributed by atoms with van der Waals surface area (Å²) in [6, 6.07) is 8.81. The summed E-state index contributed by atoms with van der Waals surface area (Å²) in [6.45, 7) is 5.87. The molecule has 0 bridgehead atoms. The molecule has 112 valence electrons. The molecule has 0 saturated carbocycles. The Balaban J connectivity index is 2.18. The molecule has 1 aromatic rings. The standard InChI is InChI=1S/C16H25BrN2O/c1-3-14(18)15(12-4-6-13(17)7-5-12)19-10-8-16(2,20)9-11-19/h4-7,14-15,20H,3,8-11,18H2,1-2H3. The molecule has 1 fully saturated rings. The smallest absolute Gasteiger partial charge is 0.0644 e. The van der Waals surface area contributed by atoms with E-state index in [4.69, 9.17) is 5.73 Å². The minimum absolute atomic E-state index is 0.124. The van der Waals surface area contributed by atoms with Crippen LogP contribution in [0, 0.1) is 0 Å². The summed E-state index contributed by atoms with van der Waals surface area (Å²) in [5, 5.41) is 10.1. The van der Waals surface area contributed by atoms with Crippen LogP contribution >= 0.6 is 15.9 Å².